The normalized spacial score (nSPS) is 21.3. The Hall–Kier alpha value is -2.55. The monoisotopic (exact) mass is 381 g/mol. The molecule has 2 unspecified atom stereocenters. The molecule has 2 aliphatic rings. The maximum Gasteiger partial charge on any atom is 0.264 e. The molecule has 2 aliphatic heterocycles. The van der Waals surface area contributed by atoms with Gasteiger partial charge in [0.25, 0.3) is 5.91 Å². The van der Waals surface area contributed by atoms with E-state index in [2.05, 4.69) is 21.8 Å². The third-order valence-electron chi connectivity index (χ3n) is 3.78. The van der Waals surface area contributed by atoms with Crippen LogP contribution in [0.2, 0.25) is 0 Å². The van der Waals surface area contributed by atoms with E-state index in [0.717, 1.165) is 18.2 Å². The zero-order chi connectivity index (χ0) is 18.7. The number of amides is 1. The zero-order valence-electron chi connectivity index (χ0n) is 13.9. The van der Waals surface area contributed by atoms with Crippen molar-refractivity contribution < 1.29 is 23.1 Å². The number of carbonyl (C=O) groups is 1. The maximum absolute atomic E-state index is 13.3. The zero-order valence-corrected chi connectivity index (χ0v) is 14.7. The minimum Gasteiger partial charge on any atom is -0.489 e. The summed E-state index contributed by atoms with van der Waals surface area (Å²) >= 11 is 1.39. The largest absolute Gasteiger partial charge is 0.489 e. The molecular weight excluding hydrogens is 364 g/mol. The number of oxime groups is 1. The van der Waals surface area contributed by atoms with Gasteiger partial charge >= 0.3 is 0 Å². The molecule has 0 saturated heterocycles. The summed E-state index contributed by atoms with van der Waals surface area (Å²) in [6.45, 7) is 4.12. The van der Waals surface area contributed by atoms with Gasteiger partial charge in [-0.05, 0) is 18.2 Å². The van der Waals surface area contributed by atoms with Gasteiger partial charge in [-0.3, -0.25) is 4.79 Å². The summed E-state index contributed by atoms with van der Waals surface area (Å²) in [6.07, 6.45) is 2.88. The average Bonchev–Trinajstić information content (AvgIpc) is 3.23. The summed E-state index contributed by atoms with van der Waals surface area (Å²) in [5.41, 5.74) is 1.19. The van der Waals surface area contributed by atoms with Crippen molar-refractivity contribution >= 4 is 23.6 Å². The summed E-state index contributed by atoms with van der Waals surface area (Å²) in [5, 5.41) is 6.56. The Labute approximate surface area is 153 Å². The minimum absolute atomic E-state index is 0.125. The van der Waals surface area contributed by atoms with Crippen molar-refractivity contribution in [2.24, 2.45) is 5.16 Å². The van der Waals surface area contributed by atoms with Gasteiger partial charge in [-0.15, -0.1) is 0 Å². The van der Waals surface area contributed by atoms with E-state index in [0.29, 0.717) is 17.2 Å². The van der Waals surface area contributed by atoms with E-state index < -0.39 is 17.7 Å². The van der Waals surface area contributed by atoms with Crippen molar-refractivity contribution in [3.8, 4) is 0 Å². The number of ether oxygens (including phenoxy) is 1. The van der Waals surface area contributed by atoms with E-state index >= 15 is 0 Å². The van der Waals surface area contributed by atoms with Crippen LogP contribution in [0.4, 0.5) is 8.78 Å². The number of halogens is 2. The van der Waals surface area contributed by atoms with Crippen LogP contribution in [-0.4, -0.2) is 36.6 Å². The molecule has 9 heteroatoms. The van der Waals surface area contributed by atoms with Crippen LogP contribution < -0.4 is 10.0 Å². The number of carbonyl (C=O) groups excluding carboxylic acids is 1. The van der Waals surface area contributed by atoms with Gasteiger partial charge < -0.3 is 19.6 Å². The standard InChI is InChI=1S/C17H17F2N3O3S/c1-9(22-26-2)15-6-13(8-24-15)20-17(23)16-7-14(21-25-16)10-3-11(18)5-12(19)4-10/h3-6,13,16,22H,1,7-8H2,2H3,(H,20,23). The second-order valence-corrected chi connectivity index (χ2v) is 6.35. The van der Waals surface area contributed by atoms with Crippen LogP contribution in [0.5, 0.6) is 0 Å². The first-order valence-electron chi connectivity index (χ1n) is 7.78. The van der Waals surface area contributed by atoms with Crippen LogP contribution in [0.25, 0.3) is 0 Å². The van der Waals surface area contributed by atoms with Crippen LogP contribution in [0.15, 0.2) is 47.5 Å². The average molecular weight is 381 g/mol. The van der Waals surface area contributed by atoms with Gasteiger partial charge in [0.1, 0.15) is 24.0 Å². The van der Waals surface area contributed by atoms with Gasteiger partial charge in [0.2, 0.25) is 6.10 Å². The first-order valence-corrected chi connectivity index (χ1v) is 9.01. The van der Waals surface area contributed by atoms with E-state index in [1.807, 2.05) is 6.26 Å². The quantitative estimate of drug-likeness (QED) is 0.740. The summed E-state index contributed by atoms with van der Waals surface area (Å²) < 4.78 is 35.1. The summed E-state index contributed by atoms with van der Waals surface area (Å²) in [5.74, 6) is -1.23. The van der Waals surface area contributed by atoms with Crippen LogP contribution >= 0.6 is 11.9 Å². The first-order chi connectivity index (χ1) is 12.5. The topological polar surface area (TPSA) is 72.0 Å². The van der Waals surface area contributed by atoms with Gasteiger partial charge in [0.05, 0.1) is 17.5 Å². The second-order valence-electron chi connectivity index (χ2n) is 5.74. The lowest BCUT2D eigenvalue weighted by atomic mass is 10.0. The summed E-state index contributed by atoms with van der Waals surface area (Å²) in [4.78, 5) is 17.5. The molecule has 0 aliphatic carbocycles. The van der Waals surface area contributed by atoms with Crippen molar-refractivity contribution in [2.45, 2.75) is 18.6 Å². The number of nitrogens with zero attached hydrogens (tertiary/aromatic N) is 1. The highest BCUT2D eigenvalue weighted by molar-refractivity contribution is 7.96. The van der Waals surface area contributed by atoms with Crippen molar-refractivity contribution in [3.05, 3.63) is 59.5 Å². The lowest BCUT2D eigenvalue weighted by Crippen LogP contribution is -2.41. The molecule has 6 nitrogen and oxygen atoms in total. The lowest BCUT2D eigenvalue weighted by molar-refractivity contribution is -0.131. The smallest absolute Gasteiger partial charge is 0.264 e. The molecule has 2 N–H and O–H groups in total. The fraction of sp³-hybridized carbons (Fsp3) is 0.294. The van der Waals surface area contributed by atoms with E-state index in [1.54, 1.807) is 6.08 Å². The molecule has 0 bridgehead atoms. The van der Waals surface area contributed by atoms with Crippen LogP contribution in [0.3, 0.4) is 0 Å². The van der Waals surface area contributed by atoms with Crippen molar-refractivity contribution in [1.29, 1.82) is 0 Å². The third kappa shape index (κ3) is 4.16. The third-order valence-corrected chi connectivity index (χ3v) is 4.23. The molecule has 1 aromatic rings. The predicted molar refractivity (Wildman–Crippen MR) is 94.1 cm³/mol. The molecule has 3 rings (SSSR count). The lowest BCUT2D eigenvalue weighted by Gasteiger charge is -2.12. The maximum atomic E-state index is 13.3. The molecule has 26 heavy (non-hydrogen) atoms. The van der Waals surface area contributed by atoms with Gasteiger partial charge in [-0.1, -0.05) is 23.7 Å². The number of hydrogen-bond donors (Lipinski definition) is 2. The van der Waals surface area contributed by atoms with Crippen LogP contribution in [0.1, 0.15) is 12.0 Å². The Morgan fingerprint density at radius 1 is 1.35 bits per heavy atom. The second kappa shape index (κ2) is 7.77. The number of nitrogens with one attached hydrogen (secondary N) is 2. The SMILES string of the molecule is C=C(NSC)C1=CC(NC(=O)C2CC(c3cc(F)cc(F)c3)=NO2)CO1. The van der Waals surface area contributed by atoms with Crippen LogP contribution in [0, 0.1) is 11.6 Å². The van der Waals surface area contributed by atoms with Crippen molar-refractivity contribution in [1.82, 2.24) is 10.0 Å². The molecule has 0 spiro atoms. The van der Waals surface area contributed by atoms with Crippen LogP contribution in [-0.2, 0) is 14.4 Å². The molecule has 0 saturated carbocycles. The molecular formula is C17H17F2N3O3S. The van der Waals surface area contributed by atoms with Gasteiger partial charge in [0, 0.05) is 24.3 Å². The highest BCUT2D eigenvalue weighted by Crippen LogP contribution is 2.20. The minimum atomic E-state index is -0.860. The highest BCUT2D eigenvalue weighted by atomic mass is 32.2. The Balaban J connectivity index is 1.57. The van der Waals surface area contributed by atoms with Gasteiger partial charge in [0.15, 0.2) is 0 Å². The fourth-order valence-electron chi connectivity index (χ4n) is 2.59. The van der Waals surface area contributed by atoms with E-state index in [-0.39, 0.29) is 30.5 Å². The molecule has 1 aromatic carbocycles. The molecule has 0 aromatic heterocycles. The highest BCUT2D eigenvalue weighted by Gasteiger charge is 2.31. The van der Waals surface area contributed by atoms with Crippen molar-refractivity contribution in [2.75, 3.05) is 12.9 Å². The fourth-order valence-corrected chi connectivity index (χ4v) is 2.93. The molecule has 138 valence electrons. The Morgan fingerprint density at radius 2 is 2.08 bits per heavy atom. The molecule has 2 heterocycles. The Kier molecular flexibility index (Phi) is 5.46. The number of benzene rings is 1. The summed E-state index contributed by atoms with van der Waals surface area (Å²) in [7, 11) is 0. The van der Waals surface area contributed by atoms with E-state index in [1.165, 1.54) is 11.9 Å². The van der Waals surface area contributed by atoms with Gasteiger partial charge in [-0.25, -0.2) is 8.78 Å². The number of rotatable bonds is 6. The molecule has 1 amide bonds. The van der Waals surface area contributed by atoms with E-state index in [9.17, 15) is 13.6 Å². The molecule has 2 atom stereocenters. The predicted octanol–water partition coefficient (Wildman–Crippen LogP) is 2.24. The van der Waals surface area contributed by atoms with Gasteiger partial charge in [-0.2, -0.15) is 0 Å². The molecule has 0 radical (unpaired) electrons. The first kappa shape index (κ1) is 18.2. The van der Waals surface area contributed by atoms with E-state index in [4.69, 9.17) is 9.57 Å². The Morgan fingerprint density at radius 3 is 2.77 bits per heavy atom. The molecule has 0 fully saturated rings. The Bertz CT molecular complexity index is 777. The van der Waals surface area contributed by atoms with Crippen molar-refractivity contribution in [3.63, 3.8) is 0 Å². The number of hydrogen-bond acceptors (Lipinski definition) is 6. The summed E-state index contributed by atoms with van der Waals surface area (Å²) in [6, 6.07) is 2.75.